The Labute approximate surface area is 132 Å². The van der Waals surface area contributed by atoms with Crippen LogP contribution in [0.25, 0.3) is 11.3 Å². The van der Waals surface area contributed by atoms with E-state index in [-0.39, 0.29) is 6.54 Å². The Kier molecular flexibility index (Phi) is 3.62. The Morgan fingerprint density at radius 3 is 3.00 bits per heavy atom. The predicted molar refractivity (Wildman–Crippen MR) is 81.6 cm³/mol. The summed E-state index contributed by atoms with van der Waals surface area (Å²) < 4.78 is 8.69. The van der Waals surface area contributed by atoms with E-state index in [0.29, 0.717) is 11.3 Å². The van der Waals surface area contributed by atoms with Gasteiger partial charge in [-0.25, -0.2) is 9.78 Å². The molecule has 0 spiro atoms. The summed E-state index contributed by atoms with van der Waals surface area (Å²) in [6.07, 6.45) is 6.44. The van der Waals surface area contributed by atoms with Crippen LogP contribution in [-0.4, -0.2) is 37.9 Å². The highest BCUT2D eigenvalue weighted by atomic mass is 16.6. The number of amides is 1. The number of ether oxygens (including phenoxy) is 1. The van der Waals surface area contributed by atoms with Crippen molar-refractivity contribution in [1.82, 2.24) is 25.0 Å². The van der Waals surface area contributed by atoms with Crippen molar-refractivity contribution in [1.29, 1.82) is 0 Å². The van der Waals surface area contributed by atoms with Crippen LogP contribution in [-0.2, 0) is 4.74 Å². The molecule has 3 aromatic heterocycles. The van der Waals surface area contributed by atoms with Crippen molar-refractivity contribution < 1.29 is 14.0 Å². The number of carbonyl (C=O) groups excluding carboxylic acids is 1. The summed E-state index contributed by atoms with van der Waals surface area (Å²) in [6, 6.07) is 0. The zero-order valence-electron chi connectivity index (χ0n) is 13.1. The number of alkyl carbamates (subject to hydrolysis) is 1. The SMILES string of the molecule is CC(C)(C)OC(=O)NCC#Cc1cn2[nH]c3nccnc3[n+]2c1. The molecule has 0 fully saturated rings. The molecule has 8 nitrogen and oxygen atoms in total. The first kappa shape index (κ1) is 14.8. The van der Waals surface area contributed by atoms with Gasteiger partial charge in [0.2, 0.25) is 0 Å². The van der Waals surface area contributed by atoms with Crippen molar-refractivity contribution in [3.63, 3.8) is 0 Å². The molecule has 0 atom stereocenters. The van der Waals surface area contributed by atoms with Crippen LogP contribution in [0.1, 0.15) is 26.3 Å². The van der Waals surface area contributed by atoms with Crippen LogP contribution < -0.4 is 9.83 Å². The lowest BCUT2D eigenvalue weighted by Crippen LogP contribution is -2.32. The van der Waals surface area contributed by atoms with Gasteiger partial charge in [-0.1, -0.05) is 16.5 Å². The second kappa shape index (κ2) is 5.61. The van der Waals surface area contributed by atoms with Crippen LogP contribution in [0.15, 0.2) is 24.8 Å². The van der Waals surface area contributed by atoms with Gasteiger partial charge in [-0.05, 0) is 20.8 Å². The predicted octanol–water partition coefficient (Wildman–Crippen LogP) is 0.672. The number of nitrogens with zero attached hydrogens (tertiary/aromatic N) is 4. The van der Waals surface area contributed by atoms with Crippen LogP contribution in [0.3, 0.4) is 0 Å². The third kappa shape index (κ3) is 3.40. The number of aromatic nitrogens is 5. The molecule has 1 amide bonds. The van der Waals surface area contributed by atoms with Gasteiger partial charge in [-0.15, -0.1) is 9.50 Å². The van der Waals surface area contributed by atoms with Gasteiger partial charge < -0.3 is 10.1 Å². The van der Waals surface area contributed by atoms with Gasteiger partial charge in [0, 0.05) is 0 Å². The zero-order chi connectivity index (χ0) is 16.4. The Morgan fingerprint density at radius 1 is 1.43 bits per heavy atom. The summed E-state index contributed by atoms with van der Waals surface area (Å²) in [5.74, 6) is 5.85. The lowest BCUT2D eigenvalue weighted by atomic mass is 10.2. The molecule has 8 heteroatoms. The van der Waals surface area contributed by atoms with Gasteiger partial charge >= 0.3 is 11.7 Å². The molecule has 0 aliphatic carbocycles. The number of hydrogen-bond donors (Lipinski definition) is 2. The summed E-state index contributed by atoms with van der Waals surface area (Å²) in [5, 5.41) is 5.67. The average Bonchev–Trinajstić information content (AvgIpc) is 2.99. The lowest BCUT2D eigenvalue weighted by Gasteiger charge is -2.18. The van der Waals surface area contributed by atoms with E-state index < -0.39 is 11.7 Å². The highest BCUT2D eigenvalue weighted by Crippen LogP contribution is 2.06. The number of fused-ring (bicyclic) bond motifs is 3. The summed E-state index contributed by atoms with van der Waals surface area (Å²) >= 11 is 0. The molecule has 3 aromatic rings. The van der Waals surface area contributed by atoms with Crippen LogP contribution in [0.4, 0.5) is 4.79 Å². The van der Waals surface area contributed by atoms with E-state index in [1.165, 1.54) is 0 Å². The first-order valence-corrected chi connectivity index (χ1v) is 7.11. The third-order valence-corrected chi connectivity index (χ3v) is 2.82. The monoisotopic (exact) mass is 313 g/mol. The standard InChI is InChI=1S/C15H16N6O2/c1-15(2,3)23-14(22)18-6-4-5-11-9-20-13-12(16-7-8-17-13)19-21(20)10-11/h7-10H,6H2,1-3H3,(H-,16,18,19,22)/p+1. The van der Waals surface area contributed by atoms with Crippen molar-refractivity contribution >= 4 is 17.4 Å². The molecule has 2 N–H and O–H groups in total. The molecule has 118 valence electrons. The number of hydrogen-bond acceptors (Lipinski definition) is 4. The van der Waals surface area contributed by atoms with Crippen molar-refractivity contribution in [2.24, 2.45) is 0 Å². The van der Waals surface area contributed by atoms with Crippen LogP contribution in [0.2, 0.25) is 0 Å². The Morgan fingerprint density at radius 2 is 2.22 bits per heavy atom. The third-order valence-electron chi connectivity index (χ3n) is 2.82. The summed E-state index contributed by atoms with van der Waals surface area (Å²) in [5.41, 5.74) is 1.68. The van der Waals surface area contributed by atoms with Gasteiger partial charge in [0.05, 0.1) is 24.5 Å². The number of carbonyl (C=O) groups is 1. The van der Waals surface area contributed by atoms with E-state index in [2.05, 4.69) is 32.2 Å². The average molecular weight is 313 g/mol. The van der Waals surface area contributed by atoms with Crippen molar-refractivity contribution in [2.75, 3.05) is 6.54 Å². The topological polar surface area (TPSA) is 88.4 Å². The Bertz CT molecular complexity index is 922. The largest absolute Gasteiger partial charge is 0.444 e. The maximum atomic E-state index is 11.5. The first-order chi connectivity index (χ1) is 10.9. The quantitative estimate of drug-likeness (QED) is 0.510. The molecule has 0 aromatic carbocycles. The smallest absolute Gasteiger partial charge is 0.408 e. The van der Waals surface area contributed by atoms with Gasteiger partial charge in [-0.2, -0.15) is 5.10 Å². The molecule has 3 heterocycles. The molecule has 0 saturated heterocycles. The normalized spacial score (nSPS) is 11.3. The summed E-state index contributed by atoms with van der Waals surface area (Å²) in [6.45, 7) is 5.65. The molecule has 0 aliphatic rings. The number of aromatic amines is 1. The zero-order valence-corrected chi connectivity index (χ0v) is 13.1. The second-order valence-corrected chi connectivity index (χ2v) is 5.90. The van der Waals surface area contributed by atoms with E-state index >= 15 is 0 Å². The maximum Gasteiger partial charge on any atom is 0.408 e. The number of nitrogens with one attached hydrogen (secondary N) is 2. The molecule has 0 radical (unpaired) electrons. The van der Waals surface area contributed by atoms with Crippen LogP contribution >= 0.6 is 0 Å². The highest BCUT2D eigenvalue weighted by Gasteiger charge is 2.15. The van der Waals surface area contributed by atoms with E-state index in [0.717, 1.165) is 5.56 Å². The summed E-state index contributed by atoms with van der Waals surface area (Å²) in [7, 11) is 0. The molecule has 0 unspecified atom stereocenters. The van der Waals surface area contributed by atoms with E-state index in [1.807, 2.05) is 37.7 Å². The minimum absolute atomic E-state index is 0.212. The number of H-pyrrole nitrogens is 1. The van der Waals surface area contributed by atoms with Gasteiger partial charge in [0.25, 0.3) is 5.65 Å². The molecule has 0 aliphatic heterocycles. The van der Waals surface area contributed by atoms with Gasteiger partial charge in [-0.3, -0.25) is 0 Å². The molecular weight excluding hydrogens is 296 g/mol. The van der Waals surface area contributed by atoms with Crippen molar-refractivity contribution in [2.45, 2.75) is 26.4 Å². The number of rotatable bonds is 1. The second-order valence-electron chi connectivity index (χ2n) is 5.90. The van der Waals surface area contributed by atoms with Crippen LogP contribution in [0, 0.1) is 11.8 Å². The molecule has 0 bridgehead atoms. The highest BCUT2D eigenvalue weighted by molar-refractivity contribution is 5.68. The lowest BCUT2D eigenvalue weighted by molar-refractivity contribution is -0.594. The van der Waals surface area contributed by atoms with Gasteiger partial charge in [0.15, 0.2) is 0 Å². The van der Waals surface area contributed by atoms with Crippen molar-refractivity contribution in [3.8, 4) is 11.8 Å². The first-order valence-electron chi connectivity index (χ1n) is 7.11. The van der Waals surface area contributed by atoms with Crippen LogP contribution in [0.5, 0.6) is 0 Å². The Hall–Kier alpha value is -3.08. The minimum atomic E-state index is -0.516. The molecular formula is C15H17N6O2+. The minimum Gasteiger partial charge on any atom is -0.444 e. The van der Waals surface area contributed by atoms with E-state index in [4.69, 9.17) is 4.74 Å². The van der Waals surface area contributed by atoms with Gasteiger partial charge in [0.1, 0.15) is 18.0 Å². The fourth-order valence-corrected chi connectivity index (χ4v) is 2.00. The molecule has 3 rings (SSSR count). The van der Waals surface area contributed by atoms with Crippen molar-refractivity contribution in [3.05, 3.63) is 30.4 Å². The molecule has 23 heavy (non-hydrogen) atoms. The fourth-order valence-electron chi connectivity index (χ4n) is 2.00. The van der Waals surface area contributed by atoms with E-state index in [9.17, 15) is 4.79 Å². The summed E-state index contributed by atoms with van der Waals surface area (Å²) in [4.78, 5) is 19.9. The Balaban J connectivity index is 1.67. The maximum absolute atomic E-state index is 11.5. The molecule has 0 saturated carbocycles. The van der Waals surface area contributed by atoms with E-state index in [1.54, 1.807) is 17.0 Å². The fraction of sp³-hybridized carbons (Fsp3) is 0.333.